The zero-order valence-corrected chi connectivity index (χ0v) is 26.6. The van der Waals surface area contributed by atoms with Crippen LogP contribution in [0.4, 0.5) is 4.79 Å². The van der Waals surface area contributed by atoms with Gasteiger partial charge in [-0.2, -0.15) is 0 Å². The van der Waals surface area contributed by atoms with E-state index in [2.05, 4.69) is 92.7 Å². The fraction of sp³-hybridized carbons (Fsp3) is 0.594. The number of ether oxygens (including phenoxy) is 2. The number of nitrogens with one attached hydrogen (secondary N) is 1. The molecule has 2 heterocycles. The molecule has 3 rings (SSSR count). The highest BCUT2D eigenvalue weighted by Crippen LogP contribution is 2.17. The first-order chi connectivity index (χ1) is 19.8. The molecule has 1 aromatic rings. The molecule has 238 valence electrons. The molecule has 2 atom stereocenters. The number of aliphatic hydroxyl groups excluding tert-OH is 1. The largest absolute Gasteiger partial charge is 0.444 e. The van der Waals surface area contributed by atoms with Gasteiger partial charge in [0, 0.05) is 32.2 Å². The van der Waals surface area contributed by atoms with Crippen LogP contribution in [0, 0.1) is 31.6 Å². The number of aliphatic hydroxyl groups is 1. The van der Waals surface area contributed by atoms with Crippen LogP contribution in [0.2, 0.25) is 0 Å². The molecule has 0 saturated carbocycles. The molecule has 2 saturated heterocycles. The average Bonchev–Trinajstić information content (AvgIpc) is 3.28. The minimum Gasteiger partial charge on any atom is -0.444 e. The van der Waals surface area contributed by atoms with Gasteiger partial charge in [0.25, 0.3) is 0 Å². The van der Waals surface area contributed by atoms with E-state index in [1.165, 1.54) is 5.56 Å². The van der Waals surface area contributed by atoms with Gasteiger partial charge in [-0.3, -0.25) is 14.5 Å². The van der Waals surface area contributed by atoms with Gasteiger partial charge in [0.15, 0.2) is 0 Å². The second-order valence-corrected chi connectivity index (χ2v) is 10.9. The van der Waals surface area contributed by atoms with Gasteiger partial charge < -0.3 is 30.5 Å². The predicted molar refractivity (Wildman–Crippen MR) is 169 cm³/mol. The SMILES string of the molecule is C#C.C#C.CC(C)C.C[C@@H]1C[C@H](O)CN1C(=O)CNC(=O)OC(C)(C)C.NC=O.c1ccc(CN2CCOCC2)cc1. The zero-order valence-electron chi connectivity index (χ0n) is 26.6. The number of primary amides is 1. The third-order valence-electron chi connectivity index (χ3n) is 5.01. The Morgan fingerprint density at radius 2 is 1.60 bits per heavy atom. The number of β-amino-alcohol motifs (C(OH)–C–C–N with tert-alkyl or cyclic N) is 1. The molecular formula is C32H54N4O6. The summed E-state index contributed by atoms with van der Waals surface area (Å²) >= 11 is 0. The number of hydrogen-bond donors (Lipinski definition) is 3. The summed E-state index contributed by atoms with van der Waals surface area (Å²) in [6, 6.07) is 10.6. The molecule has 1 aromatic carbocycles. The monoisotopic (exact) mass is 590 g/mol. The van der Waals surface area contributed by atoms with Crippen LogP contribution in [0.1, 0.15) is 60.5 Å². The molecule has 2 aliphatic heterocycles. The lowest BCUT2D eigenvalue weighted by atomic mass is 10.2. The number of nitrogens with zero attached hydrogens (tertiary/aromatic N) is 2. The highest BCUT2D eigenvalue weighted by Gasteiger charge is 2.31. The molecule has 0 bridgehead atoms. The Labute approximate surface area is 254 Å². The molecule has 10 nitrogen and oxygen atoms in total. The van der Waals surface area contributed by atoms with Crippen LogP contribution in [-0.2, 0) is 25.6 Å². The molecule has 0 aliphatic carbocycles. The maximum absolute atomic E-state index is 11.8. The Balaban J connectivity index is -0.000000551. The molecule has 0 unspecified atom stereocenters. The maximum atomic E-state index is 11.8. The summed E-state index contributed by atoms with van der Waals surface area (Å²) in [4.78, 5) is 35.8. The maximum Gasteiger partial charge on any atom is 0.408 e. The Hall–Kier alpha value is -3.57. The molecule has 0 radical (unpaired) electrons. The van der Waals surface area contributed by atoms with Crippen LogP contribution in [0.25, 0.3) is 0 Å². The third-order valence-corrected chi connectivity index (χ3v) is 5.01. The number of carbonyl (C=O) groups is 3. The standard InChI is InChI=1S/C12H22N2O4.C11H15NO.C4H10.2C2H2.CH3NO/c1-8-5-9(15)7-14(8)10(16)6-13-11(17)18-12(2,3)4;1-2-4-11(5-3-1)10-12-6-8-13-9-7-12;1-4(2)3;2*1-2;2-1-3/h8-9,15H,5-7H2,1-4H3,(H,13,17);1-5H,6-10H2;4H,1-3H3;2*1-2H;1H,(H2,2,3)/t8-,9+;;;;;/m1...../s1. The highest BCUT2D eigenvalue weighted by atomic mass is 16.6. The van der Waals surface area contributed by atoms with Gasteiger partial charge in [0.1, 0.15) is 12.1 Å². The van der Waals surface area contributed by atoms with E-state index in [9.17, 15) is 14.7 Å². The van der Waals surface area contributed by atoms with E-state index >= 15 is 0 Å². The van der Waals surface area contributed by atoms with Crippen LogP contribution >= 0.6 is 0 Å². The molecule has 4 N–H and O–H groups in total. The van der Waals surface area contributed by atoms with Gasteiger partial charge in [0.05, 0.1) is 19.3 Å². The smallest absolute Gasteiger partial charge is 0.408 e. The zero-order chi connectivity index (χ0) is 33.1. The number of amides is 3. The van der Waals surface area contributed by atoms with E-state index in [0.717, 1.165) is 38.8 Å². The van der Waals surface area contributed by atoms with Crippen molar-refractivity contribution in [3.63, 3.8) is 0 Å². The summed E-state index contributed by atoms with van der Waals surface area (Å²) in [5.74, 6) is 0.630. The lowest BCUT2D eigenvalue weighted by molar-refractivity contribution is -0.131. The van der Waals surface area contributed by atoms with E-state index in [1.54, 1.807) is 25.7 Å². The van der Waals surface area contributed by atoms with Crippen molar-refractivity contribution in [3.05, 3.63) is 35.9 Å². The minimum absolute atomic E-state index is 0.00735. The lowest BCUT2D eigenvalue weighted by Crippen LogP contribution is -2.43. The lowest BCUT2D eigenvalue weighted by Gasteiger charge is -2.26. The Morgan fingerprint density at radius 1 is 1.12 bits per heavy atom. The average molecular weight is 591 g/mol. The molecule has 3 amide bonds. The molecular weight excluding hydrogens is 536 g/mol. The van der Waals surface area contributed by atoms with Gasteiger partial charge in [-0.15, -0.1) is 25.7 Å². The first kappa shape index (κ1) is 42.9. The molecule has 42 heavy (non-hydrogen) atoms. The number of rotatable bonds is 4. The van der Waals surface area contributed by atoms with Gasteiger partial charge in [-0.1, -0.05) is 51.1 Å². The fourth-order valence-electron chi connectivity index (χ4n) is 3.51. The Morgan fingerprint density at radius 3 is 2.00 bits per heavy atom. The second-order valence-electron chi connectivity index (χ2n) is 10.9. The Bertz CT molecular complexity index is 853. The summed E-state index contributed by atoms with van der Waals surface area (Å²) < 4.78 is 10.3. The number of alkyl carbamates (subject to hydrolysis) is 1. The summed E-state index contributed by atoms with van der Waals surface area (Å²) in [5, 5.41) is 11.9. The summed E-state index contributed by atoms with van der Waals surface area (Å²) in [6.45, 7) is 18.8. The minimum atomic E-state index is -0.608. The van der Waals surface area contributed by atoms with Crippen molar-refractivity contribution in [1.29, 1.82) is 0 Å². The molecule has 2 aliphatic rings. The van der Waals surface area contributed by atoms with E-state index < -0.39 is 17.8 Å². The molecule has 0 spiro atoms. The van der Waals surface area contributed by atoms with Crippen molar-refractivity contribution in [1.82, 2.24) is 15.1 Å². The Kier molecular flexibility index (Phi) is 26.9. The van der Waals surface area contributed by atoms with Crippen LogP contribution in [0.5, 0.6) is 0 Å². The van der Waals surface area contributed by atoms with E-state index in [-0.39, 0.29) is 24.9 Å². The topological polar surface area (TPSA) is 134 Å². The van der Waals surface area contributed by atoms with Crippen molar-refractivity contribution in [2.24, 2.45) is 11.7 Å². The third kappa shape index (κ3) is 25.4. The van der Waals surface area contributed by atoms with Gasteiger partial charge in [-0.05, 0) is 45.6 Å². The number of carbonyl (C=O) groups excluding carboxylic acids is 3. The van der Waals surface area contributed by atoms with Gasteiger partial charge in [-0.25, -0.2) is 4.79 Å². The van der Waals surface area contributed by atoms with Crippen molar-refractivity contribution in [2.45, 2.75) is 79.2 Å². The van der Waals surface area contributed by atoms with Crippen molar-refractivity contribution in [2.75, 3.05) is 39.4 Å². The summed E-state index contributed by atoms with van der Waals surface area (Å²) in [5.41, 5.74) is 4.98. The van der Waals surface area contributed by atoms with E-state index in [4.69, 9.17) is 14.3 Å². The summed E-state index contributed by atoms with van der Waals surface area (Å²) in [7, 11) is 0. The highest BCUT2D eigenvalue weighted by molar-refractivity contribution is 5.82. The first-order valence-corrected chi connectivity index (χ1v) is 13.9. The molecule has 10 heteroatoms. The quantitative estimate of drug-likeness (QED) is 0.362. The molecule has 0 aromatic heterocycles. The van der Waals surface area contributed by atoms with Gasteiger partial charge in [0.2, 0.25) is 12.3 Å². The summed E-state index contributed by atoms with van der Waals surface area (Å²) in [6.07, 6.45) is 15.8. The number of nitrogens with two attached hydrogens (primary N) is 1. The number of terminal acetylenes is 2. The van der Waals surface area contributed by atoms with Crippen LogP contribution in [-0.4, -0.2) is 90.5 Å². The second kappa shape index (κ2) is 26.3. The molecule has 2 fully saturated rings. The van der Waals surface area contributed by atoms with Gasteiger partial charge >= 0.3 is 6.09 Å². The van der Waals surface area contributed by atoms with Crippen molar-refractivity contribution >= 4 is 18.4 Å². The fourth-order valence-corrected chi connectivity index (χ4v) is 3.51. The normalized spacial score (nSPS) is 17.3. The predicted octanol–water partition coefficient (Wildman–Crippen LogP) is 3.27. The van der Waals surface area contributed by atoms with Crippen molar-refractivity contribution < 1.29 is 29.0 Å². The van der Waals surface area contributed by atoms with Crippen LogP contribution < -0.4 is 11.1 Å². The van der Waals surface area contributed by atoms with E-state index in [0.29, 0.717) is 13.0 Å². The van der Waals surface area contributed by atoms with Crippen molar-refractivity contribution in [3.8, 4) is 25.7 Å². The number of likely N-dealkylation sites (tertiary alicyclic amines) is 1. The number of hydrogen-bond acceptors (Lipinski definition) is 7. The number of benzene rings is 1. The first-order valence-electron chi connectivity index (χ1n) is 13.9. The number of morpholine rings is 1. The van der Waals surface area contributed by atoms with Crippen LogP contribution in [0.15, 0.2) is 30.3 Å². The van der Waals surface area contributed by atoms with E-state index in [1.807, 2.05) is 6.92 Å². The van der Waals surface area contributed by atoms with Crippen LogP contribution in [0.3, 0.4) is 0 Å².